The molecule has 1 aliphatic rings. The summed E-state index contributed by atoms with van der Waals surface area (Å²) in [5.41, 5.74) is 14.0. The van der Waals surface area contributed by atoms with E-state index in [2.05, 4.69) is 20.9 Å². The standard InChI is InChI=1S/C35H42ClFN8O5/c1-48-31-20-30-26(19-32(31)50-15-3-12-44-13-16-49-17-14-44)33(42-25-9-10-28(37)27(36)18-25)41-22-45(30)21-23-5-7-24(8-6-23)43-34(46)29(38)4-2-11-40-35(39)47/h5-10,18-20,22,29H,2-4,11-17,21,38H2,1H3,(H4,39,40,43,46,47)/p+1/t29-/m0/s1. The van der Waals surface area contributed by atoms with Crippen molar-refractivity contribution in [1.82, 2.24) is 15.2 Å². The quantitative estimate of drug-likeness (QED) is 0.0855. The maximum atomic E-state index is 13.9. The van der Waals surface area contributed by atoms with E-state index in [4.69, 9.17) is 42.3 Å². The highest BCUT2D eigenvalue weighted by atomic mass is 35.5. The Labute approximate surface area is 295 Å². The van der Waals surface area contributed by atoms with Crippen LogP contribution in [0, 0.1) is 5.82 Å². The van der Waals surface area contributed by atoms with E-state index in [1.807, 2.05) is 41.0 Å². The summed E-state index contributed by atoms with van der Waals surface area (Å²) in [6.45, 7) is 5.53. The number of nitrogens with one attached hydrogen (secondary N) is 3. The molecule has 1 aliphatic heterocycles. The van der Waals surface area contributed by atoms with E-state index in [1.54, 1.807) is 19.5 Å². The SMILES string of the molecule is COc1cc2c(cc1OCCCN1CCOCC1)c(Nc1ccc(F)c(Cl)c1)nc[n+]2Cc1ccc(NC(=O)[C@@H](N)CCCNC(N)=O)cc1. The third-order valence-electron chi connectivity index (χ3n) is 8.24. The van der Waals surface area contributed by atoms with Gasteiger partial charge in [0, 0.05) is 49.7 Å². The molecule has 4 aromatic rings. The van der Waals surface area contributed by atoms with Gasteiger partial charge < -0.3 is 41.6 Å². The minimum absolute atomic E-state index is 0.00428. The van der Waals surface area contributed by atoms with Crippen LogP contribution in [0.1, 0.15) is 24.8 Å². The molecule has 5 rings (SSSR count). The molecule has 13 nitrogen and oxygen atoms in total. The zero-order valence-corrected chi connectivity index (χ0v) is 28.7. The number of nitrogens with zero attached hydrogens (tertiary/aromatic N) is 3. The van der Waals surface area contributed by atoms with Gasteiger partial charge in [0.15, 0.2) is 11.5 Å². The molecule has 3 amide bonds. The molecule has 0 saturated carbocycles. The highest BCUT2D eigenvalue weighted by Crippen LogP contribution is 2.35. The number of fused-ring (bicyclic) bond motifs is 1. The van der Waals surface area contributed by atoms with Crippen LogP contribution < -0.4 is 41.5 Å². The molecular weight excluding hydrogens is 667 g/mol. The predicted molar refractivity (Wildman–Crippen MR) is 190 cm³/mol. The number of nitrogens with two attached hydrogens (primary N) is 2. The number of hydrogen-bond acceptors (Lipinski definition) is 9. The number of rotatable bonds is 16. The van der Waals surface area contributed by atoms with Crippen molar-refractivity contribution in [2.45, 2.75) is 31.8 Å². The Hall–Kier alpha value is -4.76. The maximum absolute atomic E-state index is 13.9. The maximum Gasteiger partial charge on any atom is 0.312 e. The van der Waals surface area contributed by atoms with Gasteiger partial charge >= 0.3 is 6.03 Å². The third kappa shape index (κ3) is 10.1. The molecule has 0 radical (unpaired) electrons. The fourth-order valence-electron chi connectivity index (χ4n) is 5.53. The largest absolute Gasteiger partial charge is 0.493 e. The second-order valence-electron chi connectivity index (χ2n) is 11.9. The van der Waals surface area contributed by atoms with Gasteiger partial charge in [0.05, 0.1) is 43.4 Å². The Kier molecular flexibility index (Phi) is 13.0. The van der Waals surface area contributed by atoms with Gasteiger partial charge in [-0.1, -0.05) is 23.7 Å². The van der Waals surface area contributed by atoms with E-state index >= 15 is 0 Å². The highest BCUT2D eigenvalue weighted by Gasteiger charge is 2.21. The minimum atomic E-state index is -0.732. The lowest BCUT2D eigenvalue weighted by Crippen LogP contribution is -2.37. The Bertz CT molecular complexity index is 1770. The number of carbonyl (C=O) groups is 2. The number of ether oxygens (including phenoxy) is 3. The molecule has 1 saturated heterocycles. The van der Waals surface area contributed by atoms with Gasteiger partial charge in [0.1, 0.15) is 17.9 Å². The first-order valence-electron chi connectivity index (χ1n) is 16.4. The van der Waals surface area contributed by atoms with Crippen LogP contribution in [-0.2, 0) is 16.1 Å². The van der Waals surface area contributed by atoms with E-state index in [0.717, 1.165) is 55.7 Å². The smallest absolute Gasteiger partial charge is 0.312 e. The van der Waals surface area contributed by atoms with Crippen LogP contribution in [0.3, 0.4) is 0 Å². The van der Waals surface area contributed by atoms with Gasteiger partial charge in [-0.2, -0.15) is 0 Å². The summed E-state index contributed by atoms with van der Waals surface area (Å²) in [7, 11) is 1.60. The van der Waals surface area contributed by atoms with Gasteiger partial charge in [0.25, 0.3) is 12.1 Å². The van der Waals surface area contributed by atoms with E-state index in [-0.39, 0.29) is 10.9 Å². The van der Waals surface area contributed by atoms with Crippen molar-refractivity contribution in [3.8, 4) is 11.5 Å². The van der Waals surface area contributed by atoms with E-state index in [0.29, 0.717) is 61.2 Å². The lowest BCUT2D eigenvalue weighted by Gasteiger charge is -2.26. The first-order chi connectivity index (χ1) is 24.2. The molecule has 0 bridgehead atoms. The number of anilines is 3. The predicted octanol–water partition coefficient (Wildman–Crippen LogP) is 3.93. The third-order valence-corrected chi connectivity index (χ3v) is 8.53. The number of carbonyl (C=O) groups excluding carboxylic acids is 2. The van der Waals surface area contributed by atoms with Crippen LogP contribution in [0.4, 0.5) is 26.4 Å². The molecule has 7 N–H and O–H groups in total. The van der Waals surface area contributed by atoms with Crippen LogP contribution in [0.5, 0.6) is 11.5 Å². The van der Waals surface area contributed by atoms with Crippen molar-refractivity contribution < 1.29 is 32.8 Å². The molecule has 0 unspecified atom stereocenters. The van der Waals surface area contributed by atoms with Crippen molar-refractivity contribution in [1.29, 1.82) is 0 Å². The normalized spacial score (nSPS) is 13.8. The molecule has 266 valence electrons. The van der Waals surface area contributed by atoms with Crippen LogP contribution in [-0.4, -0.2) is 81.0 Å². The summed E-state index contributed by atoms with van der Waals surface area (Å²) in [5, 5.41) is 9.33. The number of morpholine rings is 1. The molecule has 15 heteroatoms. The summed E-state index contributed by atoms with van der Waals surface area (Å²) >= 11 is 6.06. The summed E-state index contributed by atoms with van der Waals surface area (Å²) < 4.78 is 33.3. The zero-order chi connectivity index (χ0) is 35.5. The number of primary amides is 1. The molecule has 2 heterocycles. The van der Waals surface area contributed by atoms with Crippen LogP contribution >= 0.6 is 11.6 Å². The number of halogens is 2. The Morgan fingerprint density at radius 2 is 1.84 bits per heavy atom. The van der Waals surface area contributed by atoms with E-state index in [9.17, 15) is 14.0 Å². The summed E-state index contributed by atoms with van der Waals surface area (Å²) in [4.78, 5) is 30.5. The van der Waals surface area contributed by atoms with Gasteiger partial charge in [-0.05, 0) is 60.1 Å². The number of hydrogen-bond donors (Lipinski definition) is 5. The lowest BCUT2D eigenvalue weighted by molar-refractivity contribution is -0.665. The molecule has 3 aromatic carbocycles. The average Bonchev–Trinajstić information content (AvgIpc) is 3.12. The fourth-order valence-corrected chi connectivity index (χ4v) is 5.71. The monoisotopic (exact) mass is 709 g/mol. The zero-order valence-electron chi connectivity index (χ0n) is 27.9. The molecule has 50 heavy (non-hydrogen) atoms. The van der Waals surface area contributed by atoms with Crippen molar-refractivity contribution in [3.63, 3.8) is 0 Å². The number of urea groups is 1. The van der Waals surface area contributed by atoms with Crippen LogP contribution in [0.25, 0.3) is 10.9 Å². The van der Waals surface area contributed by atoms with Gasteiger partial charge in [-0.3, -0.25) is 9.69 Å². The average molecular weight is 710 g/mol. The van der Waals surface area contributed by atoms with Gasteiger partial charge in [0.2, 0.25) is 5.91 Å². The van der Waals surface area contributed by atoms with Gasteiger partial charge in [-0.15, -0.1) is 0 Å². The second-order valence-corrected chi connectivity index (χ2v) is 12.3. The van der Waals surface area contributed by atoms with Crippen molar-refractivity contribution in [3.05, 3.63) is 77.3 Å². The summed E-state index contributed by atoms with van der Waals surface area (Å²) in [5.74, 6) is 0.836. The number of benzene rings is 3. The summed E-state index contributed by atoms with van der Waals surface area (Å²) in [6, 6.07) is 14.3. The topological polar surface area (TPSA) is 170 Å². The fraction of sp³-hybridized carbons (Fsp3) is 0.371. The van der Waals surface area contributed by atoms with Crippen molar-refractivity contribution >= 4 is 51.6 Å². The molecule has 1 aromatic heterocycles. The van der Waals surface area contributed by atoms with E-state index < -0.39 is 17.9 Å². The lowest BCUT2D eigenvalue weighted by atomic mass is 10.1. The number of aromatic nitrogens is 2. The van der Waals surface area contributed by atoms with Crippen LogP contribution in [0.15, 0.2) is 60.9 Å². The second kappa shape index (κ2) is 17.8. The van der Waals surface area contributed by atoms with Crippen molar-refractivity contribution in [2.24, 2.45) is 11.5 Å². The number of methoxy groups -OCH3 is 1. The Balaban J connectivity index is 1.33. The molecule has 0 aliphatic carbocycles. The van der Waals surface area contributed by atoms with Gasteiger partial charge in [-0.25, -0.2) is 13.8 Å². The van der Waals surface area contributed by atoms with Crippen molar-refractivity contribution in [2.75, 3.05) is 63.7 Å². The Morgan fingerprint density at radius 3 is 2.56 bits per heavy atom. The molecule has 0 spiro atoms. The van der Waals surface area contributed by atoms with Crippen LogP contribution in [0.2, 0.25) is 5.02 Å². The number of amides is 3. The molecule has 1 atom stereocenters. The molecule has 1 fully saturated rings. The molecular formula is C35H43ClFN8O5+. The minimum Gasteiger partial charge on any atom is -0.493 e. The Morgan fingerprint density at radius 1 is 1.08 bits per heavy atom. The first-order valence-corrected chi connectivity index (χ1v) is 16.8. The van der Waals surface area contributed by atoms with E-state index in [1.165, 1.54) is 12.1 Å². The highest BCUT2D eigenvalue weighted by molar-refractivity contribution is 6.31. The first kappa shape index (κ1) is 36.5. The summed E-state index contributed by atoms with van der Waals surface area (Å²) in [6.07, 6.45) is 3.46.